The Balaban J connectivity index is 2.58. The molecule has 0 aromatic rings. The van der Waals surface area contributed by atoms with Gasteiger partial charge in [0.05, 0.1) is 19.2 Å². The minimum Gasteiger partial charge on any atom is -0.444 e. The first-order valence-electron chi connectivity index (χ1n) is 5.41. The van der Waals surface area contributed by atoms with Gasteiger partial charge < -0.3 is 14.6 Å². The number of aliphatic hydroxyl groups excluding tert-OH is 1. The van der Waals surface area contributed by atoms with Gasteiger partial charge in [-0.15, -0.1) is 0 Å². The lowest BCUT2D eigenvalue weighted by molar-refractivity contribution is -0.178. The number of hydrogen-bond acceptors (Lipinski definition) is 4. The summed E-state index contributed by atoms with van der Waals surface area (Å²) in [7, 11) is 1.54. The van der Waals surface area contributed by atoms with E-state index in [9.17, 15) is 9.90 Å². The van der Waals surface area contributed by atoms with Crippen molar-refractivity contribution in [2.75, 3.05) is 20.3 Å². The summed E-state index contributed by atoms with van der Waals surface area (Å²) >= 11 is 0. The van der Waals surface area contributed by atoms with Gasteiger partial charge in [0.1, 0.15) is 11.2 Å². The van der Waals surface area contributed by atoms with E-state index in [1.165, 1.54) is 0 Å². The largest absolute Gasteiger partial charge is 0.444 e. The molecule has 2 atom stereocenters. The van der Waals surface area contributed by atoms with Crippen molar-refractivity contribution < 1.29 is 19.4 Å². The van der Waals surface area contributed by atoms with Crippen molar-refractivity contribution >= 4 is 6.09 Å². The Morgan fingerprint density at radius 3 is 2.44 bits per heavy atom. The quantitative estimate of drug-likeness (QED) is 0.770. The third-order valence-corrected chi connectivity index (χ3v) is 2.97. The number of likely N-dealkylation sites (tertiary alicyclic amines) is 1. The molecular weight excluding hydrogens is 210 g/mol. The molecule has 5 heteroatoms. The second-order valence-corrected chi connectivity index (χ2v) is 5.21. The van der Waals surface area contributed by atoms with Crippen LogP contribution in [-0.2, 0) is 9.47 Å². The summed E-state index contributed by atoms with van der Waals surface area (Å²) in [6, 6.07) is -0.169. The Morgan fingerprint density at radius 2 is 2.12 bits per heavy atom. The predicted molar refractivity (Wildman–Crippen MR) is 59.2 cm³/mol. The highest BCUT2D eigenvalue weighted by molar-refractivity contribution is 5.70. The monoisotopic (exact) mass is 231 g/mol. The number of rotatable bonds is 2. The van der Waals surface area contributed by atoms with Crippen LogP contribution in [0.2, 0.25) is 0 Å². The van der Waals surface area contributed by atoms with Crippen LogP contribution in [0.25, 0.3) is 0 Å². The van der Waals surface area contributed by atoms with Gasteiger partial charge in [-0.1, -0.05) is 0 Å². The van der Waals surface area contributed by atoms with Gasteiger partial charge in [0.2, 0.25) is 0 Å². The van der Waals surface area contributed by atoms with Crippen LogP contribution in [0.3, 0.4) is 0 Å². The molecule has 94 valence electrons. The molecule has 1 aliphatic rings. The van der Waals surface area contributed by atoms with Gasteiger partial charge in [-0.25, -0.2) is 4.79 Å². The molecule has 1 heterocycles. The van der Waals surface area contributed by atoms with Gasteiger partial charge in [-0.3, -0.25) is 4.90 Å². The SMILES string of the molecule is COC1(CO)CN(C(=O)OC(C)(C)C)[C@H]1C. The highest BCUT2D eigenvalue weighted by atomic mass is 16.6. The van der Waals surface area contributed by atoms with E-state index in [0.29, 0.717) is 6.54 Å². The maximum atomic E-state index is 11.7. The fourth-order valence-electron chi connectivity index (χ4n) is 1.75. The molecule has 0 spiro atoms. The minimum atomic E-state index is -0.628. The van der Waals surface area contributed by atoms with Crippen LogP contribution in [0.1, 0.15) is 27.7 Å². The van der Waals surface area contributed by atoms with Crippen LogP contribution in [0.4, 0.5) is 4.79 Å². The fourth-order valence-corrected chi connectivity index (χ4v) is 1.75. The van der Waals surface area contributed by atoms with Crippen LogP contribution in [0.5, 0.6) is 0 Å². The lowest BCUT2D eigenvalue weighted by Crippen LogP contribution is -2.72. The third-order valence-electron chi connectivity index (χ3n) is 2.97. The molecule has 0 bridgehead atoms. The van der Waals surface area contributed by atoms with Crippen molar-refractivity contribution in [1.82, 2.24) is 4.90 Å². The highest BCUT2D eigenvalue weighted by Gasteiger charge is 2.53. The second kappa shape index (κ2) is 4.22. The van der Waals surface area contributed by atoms with Crippen LogP contribution in [0.15, 0.2) is 0 Å². The second-order valence-electron chi connectivity index (χ2n) is 5.21. The molecule has 0 radical (unpaired) electrons. The summed E-state index contributed by atoms with van der Waals surface area (Å²) in [6.45, 7) is 7.59. The first-order chi connectivity index (χ1) is 7.25. The van der Waals surface area contributed by atoms with Gasteiger partial charge in [0.15, 0.2) is 0 Å². The van der Waals surface area contributed by atoms with E-state index in [2.05, 4.69) is 0 Å². The first kappa shape index (κ1) is 13.3. The maximum absolute atomic E-state index is 11.7. The van der Waals surface area contributed by atoms with E-state index >= 15 is 0 Å². The maximum Gasteiger partial charge on any atom is 0.410 e. The zero-order chi connectivity index (χ0) is 12.6. The molecule has 5 nitrogen and oxygen atoms in total. The Kier molecular flexibility index (Phi) is 3.50. The molecule has 1 saturated heterocycles. The van der Waals surface area contributed by atoms with Crippen LogP contribution >= 0.6 is 0 Å². The molecule has 1 unspecified atom stereocenters. The molecule has 0 aromatic heterocycles. The predicted octanol–water partition coefficient (Wildman–Crippen LogP) is 1.00. The molecule has 1 amide bonds. The Labute approximate surface area is 96.3 Å². The number of ether oxygens (including phenoxy) is 2. The zero-order valence-corrected chi connectivity index (χ0v) is 10.6. The Hall–Kier alpha value is -0.810. The van der Waals surface area contributed by atoms with Gasteiger partial charge in [-0.05, 0) is 27.7 Å². The molecule has 1 aliphatic heterocycles. The number of carbonyl (C=O) groups excluding carboxylic acids is 1. The highest BCUT2D eigenvalue weighted by Crippen LogP contribution is 2.33. The number of aliphatic hydroxyl groups is 1. The van der Waals surface area contributed by atoms with Crippen molar-refractivity contribution in [3.05, 3.63) is 0 Å². The Bertz CT molecular complexity index is 268. The van der Waals surface area contributed by atoms with Gasteiger partial charge >= 0.3 is 6.09 Å². The Morgan fingerprint density at radius 1 is 1.56 bits per heavy atom. The average Bonchev–Trinajstić information content (AvgIpc) is 2.15. The first-order valence-corrected chi connectivity index (χ1v) is 5.41. The number of carbonyl (C=O) groups is 1. The van der Waals surface area contributed by atoms with E-state index < -0.39 is 11.2 Å². The summed E-state index contributed by atoms with van der Waals surface area (Å²) in [5, 5.41) is 9.24. The molecular formula is C11H21NO4. The summed E-state index contributed by atoms with van der Waals surface area (Å²) in [5.41, 5.74) is -1.13. The van der Waals surface area contributed by atoms with Crippen LogP contribution < -0.4 is 0 Å². The molecule has 1 fully saturated rings. The minimum absolute atomic E-state index is 0.0933. The van der Waals surface area contributed by atoms with Crippen molar-refractivity contribution in [1.29, 1.82) is 0 Å². The molecule has 1 rings (SSSR count). The topological polar surface area (TPSA) is 59.0 Å². The number of amides is 1. The van der Waals surface area contributed by atoms with Gasteiger partial charge in [0.25, 0.3) is 0 Å². The molecule has 0 saturated carbocycles. The molecule has 16 heavy (non-hydrogen) atoms. The normalized spacial score (nSPS) is 29.9. The summed E-state index contributed by atoms with van der Waals surface area (Å²) in [4.78, 5) is 13.3. The molecule has 1 N–H and O–H groups in total. The van der Waals surface area contributed by atoms with E-state index in [4.69, 9.17) is 9.47 Å². The zero-order valence-electron chi connectivity index (χ0n) is 10.6. The van der Waals surface area contributed by atoms with Crippen LogP contribution in [0, 0.1) is 0 Å². The van der Waals surface area contributed by atoms with Crippen molar-refractivity contribution in [2.45, 2.75) is 44.9 Å². The van der Waals surface area contributed by atoms with Crippen molar-refractivity contribution in [3.63, 3.8) is 0 Å². The van der Waals surface area contributed by atoms with E-state index in [1.54, 1.807) is 12.0 Å². The smallest absolute Gasteiger partial charge is 0.410 e. The summed E-state index contributed by atoms with van der Waals surface area (Å²) in [5.74, 6) is 0. The van der Waals surface area contributed by atoms with Crippen molar-refractivity contribution in [2.24, 2.45) is 0 Å². The van der Waals surface area contributed by atoms with Crippen molar-refractivity contribution in [3.8, 4) is 0 Å². The number of nitrogens with zero attached hydrogens (tertiary/aromatic N) is 1. The van der Waals surface area contributed by atoms with Crippen LogP contribution in [-0.4, -0.2) is 53.6 Å². The van der Waals surface area contributed by atoms with Gasteiger partial charge in [0, 0.05) is 7.11 Å². The lowest BCUT2D eigenvalue weighted by atomic mass is 9.85. The molecule has 0 aromatic carbocycles. The fraction of sp³-hybridized carbons (Fsp3) is 0.909. The molecule has 0 aliphatic carbocycles. The number of hydrogen-bond donors (Lipinski definition) is 1. The van der Waals surface area contributed by atoms with E-state index in [1.807, 2.05) is 27.7 Å². The van der Waals surface area contributed by atoms with E-state index in [-0.39, 0.29) is 18.7 Å². The summed E-state index contributed by atoms with van der Waals surface area (Å²) in [6.07, 6.45) is -0.360. The standard InChI is InChI=1S/C11H21NO4/c1-8-11(7-13,15-5)6-12(8)9(14)16-10(2,3)4/h8,13H,6-7H2,1-5H3/t8-,11?/m0/s1. The third kappa shape index (κ3) is 2.30. The number of methoxy groups -OCH3 is 1. The van der Waals surface area contributed by atoms with E-state index in [0.717, 1.165) is 0 Å². The average molecular weight is 231 g/mol. The lowest BCUT2D eigenvalue weighted by Gasteiger charge is -2.53. The van der Waals surface area contributed by atoms with Gasteiger partial charge in [-0.2, -0.15) is 0 Å². The summed E-state index contributed by atoms with van der Waals surface area (Å²) < 4.78 is 10.5.